The molecule has 0 aliphatic carbocycles. The first-order valence-corrected chi connectivity index (χ1v) is 5.36. The van der Waals surface area contributed by atoms with E-state index in [2.05, 4.69) is 15.8 Å². The number of benzene rings is 1. The first-order chi connectivity index (χ1) is 8.56. The summed E-state index contributed by atoms with van der Waals surface area (Å²) in [6.45, 7) is 0.313. The van der Waals surface area contributed by atoms with Crippen molar-refractivity contribution >= 4 is 28.9 Å². The van der Waals surface area contributed by atoms with Gasteiger partial charge in [-0.3, -0.25) is 20.3 Å². The zero-order valence-corrected chi connectivity index (χ0v) is 9.92. The van der Waals surface area contributed by atoms with Crippen molar-refractivity contribution in [3.8, 4) is 0 Å². The lowest BCUT2D eigenvalue weighted by Gasteiger charge is -2.04. The van der Waals surface area contributed by atoms with Crippen molar-refractivity contribution in [3.63, 3.8) is 0 Å². The van der Waals surface area contributed by atoms with E-state index in [9.17, 15) is 14.9 Å². The van der Waals surface area contributed by atoms with E-state index in [1.54, 1.807) is 0 Å². The van der Waals surface area contributed by atoms with E-state index in [0.29, 0.717) is 12.4 Å². The molecule has 0 heterocycles. The van der Waals surface area contributed by atoms with Crippen LogP contribution in [-0.2, 0) is 0 Å². The molecule has 0 fully saturated rings. The number of alkyl halides is 1. The Kier molecular flexibility index (Phi) is 5.00. The van der Waals surface area contributed by atoms with Crippen LogP contribution in [0.15, 0.2) is 28.5 Å². The summed E-state index contributed by atoms with van der Waals surface area (Å²) in [7, 11) is 0. The van der Waals surface area contributed by atoms with Gasteiger partial charge < -0.3 is 5.73 Å². The Bertz CT molecular complexity index is 491. The number of nitro groups is 1. The average Bonchev–Trinajstić information content (AvgIpc) is 2.34. The fourth-order valence-electron chi connectivity index (χ4n) is 1.12. The summed E-state index contributed by atoms with van der Waals surface area (Å²) in [4.78, 5) is 21.1. The van der Waals surface area contributed by atoms with E-state index in [1.165, 1.54) is 12.1 Å². The van der Waals surface area contributed by atoms with Crippen LogP contribution in [0.4, 0.5) is 11.4 Å². The maximum absolute atomic E-state index is 11.2. The Morgan fingerprint density at radius 3 is 2.83 bits per heavy atom. The van der Waals surface area contributed by atoms with Crippen LogP contribution in [0, 0.1) is 10.1 Å². The second kappa shape index (κ2) is 6.50. The Balaban J connectivity index is 2.97. The minimum atomic E-state index is -0.797. The predicted octanol–water partition coefficient (Wildman–Crippen LogP) is 1.71. The van der Waals surface area contributed by atoms with E-state index in [1.807, 2.05) is 0 Å². The van der Waals surface area contributed by atoms with Crippen molar-refractivity contribution in [2.45, 2.75) is 0 Å². The summed E-state index contributed by atoms with van der Waals surface area (Å²) < 4.78 is 0. The number of anilines is 1. The lowest BCUT2D eigenvalue weighted by Crippen LogP contribution is -2.13. The molecule has 0 aliphatic rings. The molecule has 18 heavy (non-hydrogen) atoms. The molecule has 9 heteroatoms. The predicted molar refractivity (Wildman–Crippen MR) is 65.7 cm³/mol. The van der Waals surface area contributed by atoms with Gasteiger partial charge in [-0.2, -0.15) is 5.11 Å². The molecular formula is C9H10ClN5O3. The summed E-state index contributed by atoms with van der Waals surface area (Å²) in [6.07, 6.45) is 0. The lowest BCUT2D eigenvalue weighted by molar-refractivity contribution is -0.384. The van der Waals surface area contributed by atoms with Gasteiger partial charge in [0.1, 0.15) is 0 Å². The second-order valence-corrected chi connectivity index (χ2v) is 3.50. The minimum absolute atomic E-state index is 0.0333. The monoisotopic (exact) mass is 271 g/mol. The molecule has 8 nitrogen and oxygen atoms in total. The molecule has 0 aromatic heterocycles. The molecular weight excluding hydrogens is 262 g/mol. The number of hydrogen-bond donors (Lipinski definition) is 2. The second-order valence-electron chi connectivity index (χ2n) is 3.12. The highest BCUT2D eigenvalue weighted by atomic mass is 35.5. The highest BCUT2D eigenvalue weighted by Gasteiger charge is 2.14. The smallest absolute Gasteiger partial charge is 0.270 e. The number of nitro benzene ring substituents is 1. The highest BCUT2D eigenvalue weighted by Crippen LogP contribution is 2.21. The largest absolute Gasteiger partial charge is 0.366 e. The third-order valence-electron chi connectivity index (χ3n) is 1.91. The Labute approximate surface area is 107 Å². The molecule has 1 aromatic carbocycles. The Morgan fingerprint density at radius 1 is 1.56 bits per heavy atom. The van der Waals surface area contributed by atoms with Crippen molar-refractivity contribution in [1.29, 1.82) is 0 Å². The minimum Gasteiger partial charge on any atom is -0.366 e. The number of primary amides is 1. The van der Waals surface area contributed by atoms with Crippen LogP contribution in [0.1, 0.15) is 10.4 Å². The third-order valence-corrected chi connectivity index (χ3v) is 2.07. The first-order valence-electron chi connectivity index (χ1n) is 4.83. The topological polar surface area (TPSA) is 123 Å². The number of carbonyl (C=O) groups excluding carboxylic acids is 1. The van der Waals surface area contributed by atoms with Crippen molar-refractivity contribution in [3.05, 3.63) is 33.9 Å². The average molecular weight is 272 g/mol. The molecule has 0 saturated carbocycles. The SMILES string of the molecule is NC(=O)c1cc([N+](=O)[O-])ccc1NN=NCCCl. The summed E-state index contributed by atoms with van der Waals surface area (Å²) >= 11 is 5.39. The van der Waals surface area contributed by atoms with E-state index in [4.69, 9.17) is 17.3 Å². The number of hydrogen-bond acceptors (Lipinski definition) is 5. The lowest BCUT2D eigenvalue weighted by atomic mass is 10.1. The fraction of sp³-hybridized carbons (Fsp3) is 0.222. The number of nitrogens with one attached hydrogen (secondary N) is 1. The molecule has 1 amide bonds. The van der Waals surface area contributed by atoms with E-state index >= 15 is 0 Å². The number of amides is 1. The highest BCUT2D eigenvalue weighted by molar-refractivity contribution is 6.18. The zero-order valence-electron chi connectivity index (χ0n) is 9.17. The van der Waals surface area contributed by atoms with Gasteiger partial charge in [-0.25, -0.2) is 0 Å². The van der Waals surface area contributed by atoms with Crippen LogP contribution in [-0.4, -0.2) is 23.3 Å². The van der Waals surface area contributed by atoms with Gasteiger partial charge in [0.05, 0.1) is 22.7 Å². The molecule has 0 atom stereocenters. The van der Waals surface area contributed by atoms with Crippen molar-refractivity contribution in [2.75, 3.05) is 17.9 Å². The summed E-state index contributed by atoms with van der Waals surface area (Å²) in [6, 6.07) is 3.63. The van der Waals surface area contributed by atoms with Crippen molar-refractivity contribution < 1.29 is 9.72 Å². The molecule has 1 rings (SSSR count). The summed E-state index contributed by atoms with van der Waals surface area (Å²) in [5.74, 6) is -0.484. The molecule has 0 aliphatic heterocycles. The van der Waals surface area contributed by atoms with Crippen molar-refractivity contribution in [1.82, 2.24) is 0 Å². The van der Waals surface area contributed by atoms with E-state index in [0.717, 1.165) is 6.07 Å². The Morgan fingerprint density at radius 2 is 2.28 bits per heavy atom. The van der Waals surface area contributed by atoms with Gasteiger partial charge in [0.2, 0.25) is 0 Å². The van der Waals surface area contributed by atoms with Gasteiger partial charge in [-0.15, -0.1) is 11.6 Å². The first kappa shape index (κ1) is 13.8. The molecule has 0 unspecified atom stereocenters. The van der Waals surface area contributed by atoms with Gasteiger partial charge in [-0.05, 0) is 6.07 Å². The van der Waals surface area contributed by atoms with E-state index < -0.39 is 10.8 Å². The number of rotatable bonds is 6. The molecule has 1 aromatic rings. The van der Waals surface area contributed by atoms with Crippen LogP contribution in [0.3, 0.4) is 0 Å². The molecule has 3 N–H and O–H groups in total. The zero-order chi connectivity index (χ0) is 13.5. The van der Waals surface area contributed by atoms with Gasteiger partial charge >= 0.3 is 0 Å². The number of non-ortho nitro benzene ring substituents is 1. The standard InChI is InChI=1S/C9H10ClN5O3/c10-3-4-12-14-13-8-2-1-6(15(17)18)5-7(8)9(11)16/h1-2,5H,3-4H2,(H2,11,16)(H,12,13). The molecule has 96 valence electrons. The molecule has 0 spiro atoms. The van der Waals surface area contributed by atoms with Crippen LogP contribution in [0.25, 0.3) is 0 Å². The maximum Gasteiger partial charge on any atom is 0.270 e. The number of carbonyl (C=O) groups is 1. The summed E-state index contributed by atoms with van der Waals surface area (Å²) in [5, 5.41) is 17.8. The van der Waals surface area contributed by atoms with Gasteiger partial charge in [0, 0.05) is 18.0 Å². The van der Waals surface area contributed by atoms with Crippen molar-refractivity contribution in [2.24, 2.45) is 16.1 Å². The fourth-order valence-corrected chi connectivity index (χ4v) is 1.20. The van der Waals surface area contributed by atoms with Crippen LogP contribution in [0.5, 0.6) is 0 Å². The van der Waals surface area contributed by atoms with Crippen LogP contribution >= 0.6 is 11.6 Å². The molecule has 0 bridgehead atoms. The quantitative estimate of drug-likeness (QED) is 0.354. The third kappa shape index (κ3) is 3.67. The number of nitrogens with two attached hydrogens (primary N) is 1. The summed E-state index contributed by atoms with van der Waals surface area (Å²) in [5.41, 5.74) is 7.57. The molecule has 0 saturated heterocycles. The van der Waals surface area contributed by atoms with Gasteiger partial charge in [0.15, 0.2) is 0 Å². The maximum atomic E-state index is 11.2. The Hall–Kier alpha value is -2.22. The normalized spacial score (nSPS) is 10.5. The number of halogens is 1. The number of nitrogens with zero attached hydrogens (tertiary/aromatic N) is 3. The van der Waals surface area contributed by atoms with Gasteiger partial charge in [0.25, 0.3) is 11.6 Å². The van der Waals surface area contributed by atoms with Crippen LogP contribution < -0.4 is 11.2 Å². The van der Waals surface area contributed by atoms with Crippen LogP contribution in [0.2, 0.25) is 0 Å². The van der Waals surface area contributed by atoms with E-state index in [-0.39, 0.29) is 16.9 Å². The molecule has 0 radical (unpaired) electrons. The van der Waals surface area contributed by atoms with Gasteiger partial charge in [-0.1, -0.05) is 5.22 Å².